The fourth-order valence-electron chi connectivity index (χ4n) is 5.47. The lowest BCUT2D eigenvalue weighted by Gasteiger charge is -2.29. The van der Waals surface area contributed by atoms with Crippen LogP contribution in [0.2, 0.25) is 0 Å². The van der Waals surface area contributed by atoms with Crippen LogP contribution in [0.5, 0.6) is 0 Å². The smallest absolute Gasteiger partial charge is 0.220 e. The van der Waals surface area contributed by atoms with Gasteiger partial charge in [-0.2, -0.15) is 0 Å². The van der Waals surface area contributed by atoms with Crippen LogP contribution in [-0.2, 0) is 5.54 Å². The highest BCUT2D eigenvalue weighted by Gasteiger charge is 2.48. The number of rotatable bonds is 5. The van der Waals surface area contributed by atoms with E-state index in [1.54, 1.807) is 0 Å². The van der Waals surface area contributed by atoms with Crippen molar-refractivity contribution in [2.75, 3.05) is 0 Å². The Balaban J connectivity index is 2.01. The van der Waals surface area contributed by atoms with Crippen molar-refractivity contribution in [3.05, 3.63) is 70.5 Å². The van der Waals surface area contributed by atoms with Crippen LogP contribution in [-0.4, -0.2) is 4.98 Å². The number of aryl methyl sites for hydroxylation is 4. The molecule has 0 N–H and O–H groups in total. The maximum atomic E-state index is 5.06. The molecule has 2 heteroatoms. The Labute approximate surface area is 175 Å². The lowest BCUT2D eigenvalue weighted by Crippen LogP contribution is -2.55. The zero-order chi connectivity index (χ0) is 20.8. The molecule has 1 aliphatic heterocycles. The summed E-state index contributed by atoms with van der Waals surface area (Å²) in [5.41, 5.74) is 10.7. The average molecular weight is 386 g/mol. The maximum absolute atomic E-state index is 5.06. The molecule has 1 unspecified atom stereocenters. The number of aromatic nitrogens is 2. The third-order valence-electron chi connectivity index (χ3n) is 6.77. The van der Waals surface area contributed by atoms with Crippen LogP contribution in [0.25, 0.3) is 22.5 Å². The van der Waals surface area contributed by atoms with Crippen LogP contribution < -0.4 is 4.57 Å². The summed E-state index contributed by atoms with van der Waals surface area (Å²) in [5, 5.41) is 0. The SMILES string of the molecule is CCCCC1(CC)c2c(C)cc(C)cc2-c2ncc(-c3c(C)cccc3C)c[n+]21. The Morgan fingerprint density at radius 3 is 2.34 bits per heavy atom. The van der Waals surface area contributed by atoms with Gasteiger partial charge in [0.1, 0.15) is 11.7 Å². The first kappa shape index (κ1) is 19.8. The van der Waals surface area contributed by atoms with E-state index < -0.39 is 0 Å². The normalized spacial score (nSPS) is 17.3. The molecule has 1 aromatic heterocycles. The summed E-state index contributed by atoms with van der Waals surface area (Å²) in [5.74, 6) is 1.12. The van der Waals surface area contributed by atoms with Crippen molar-refractivity contribution in [2.45, 2.75) is 72.8 Å². The number of hydrogen-bond acceptors (Lipinski definition) is 1. The quantitative estimate of drug-likeness (QED) is 0.452. The topological polar surface area (TPSA) is 16.8 Å². The van der Waals surface area contributed by atoms with Crippen molar-refractivity contribution in [1.29, 1.82) is 0 Å². The fraction of sp³-hybridized carbons (Fsp3) is 0.407. The molecule has 0 saturated carbocycles. The summed E-state index contributed by atoms with van der Waals surface area (Å²) < 4.78 is 2.51. The van der Waals surface area contributed by atoms with E-state index in [2.05, 4.69) is 88.8 Å². The van der Waals surface area contributed by atoms with E-state index in [1.807, 2.05) is 0 Å². The molecular weight excluding hydrogens is 352 g/mol. The first-order valence-electron chi connectivity index (χ1n) is 11.0. The second-order valence-corrected chi connectivity index (χ2v) is 8.80. The lowest BCUT2D eigenvalue weighted by molar-refractivity contribution is -0.742. The minimum absolute atomic E-state index is 0.00192. The molecule has 1 aliphatic rings. The van der Waals surface area contributed by atoms with Crippen molar-refractivity contribution in [3.8, 4) is 22.5 Å². The molecule has 29 heavy (non-hydrogen) atoms. The number of fused-ring (bicyclic) bond motifs is 3. The summed E-state index contributed by atoms with van der Waals surface area (Å²) in [7, 11) is 0. The Morgan fingerprint density at radius 1 is 0.966 bits per heavy atom. The van der Waals surface area contributed by atoms with E-state index in [-0.39, 0.29) is 5.54 Å². The van der Waals surface area contributed by atoms with E-state index in [0.29, 0.717) is 0 Å². The second-order valence-electron chi connectivity index (χ2n) is 8.80. The summed E-state index contributed by atoms with van der Waals surface area (Å²) in [6.45, 7) is 13.5. The molecule has 150 valence electrons. The van der Waals surface area contributed by atoms with E-state index in [1.165, 1.54) is 57.3 Å². The Hall–Kier alpha value is -2.48. The van der Waals surface area contributed by atoms with Gasteiger partial charge in [-0.25, -0.2) is 4.57 Å². The first-order valence-corrected chi connectivity index (χ1v) is 11.0. The van der Waals surface area contributed by atoms with E-state index in [4.69, 9.17) is 4.98 Å². The van der Waals surface area contributed by atoms with Crippen molar-refractivity contribution in [1.82, 2.24) is 4.98 Å². The van der Waals surface area contributed by atoms with Gasteiger partial charge in [0, 0.05) is 5.56 Å². The molecule has 2 nitrogen and oxygen atoms in total. The molecule has 0 saturated heterocycles. The molecule has 2 aromatic carbocycles. The molecule has 4 rings (SSSR count). The minimum Gasteiger partial charge on any atom is -0.220 e. The highest BCUT2D eigenvalue weighted by molar-refractivity contribution is 5.71. The van der Waals surface area contributed by atoms with Crippen LogP contribution in [0.4, 0.5) is 0 Å². The van der Waals surface area contributed by atoms with Gasteiger partial charge in [0.15, 0.2) is 6.20 Å². The van der Waals surface area contributed by atoms with Gasteiger partial charge in [-0.05, 0) is 85.8 Å². The maximum Gasteiger partial charge on any atom is 0.331 e. The number of nitrogens with zero attached hydrogens (tertiary/aromatic N) is 2. The van der Waals surface area contributed by atoms with Gasteiger partial charge in [-0.15, -0.1) is 0 Å². The van der Waals surface area contributed by atoms with Gasteiger partial charge in [-0.1, -0.05) is 44.5 Å². The largest absolute Gasteiger partial charge is 0.331 e. The molecule has 2 heterocycles. The summed E-state index contributed by atoms with van der Waals surface area (Å²) >= 11 is 0. The Morgan fingerprint density at radius 2 is 1.69 bits per heavy atom. The molecule has 3 aromatic rings. The number of benzene rings is 2. The molecule has 0 fully saturated rings. The lowest BCUT2D eigenvalue weighted by atomic mass is 9.80. The molecule has 0 amide bonds. The van der Waals surface area contributed by atoms with E-state index in [0.717, 1.165) is 18.7 Å². The van der Waals surface area contributed by atoms with Crippen molar-refractivity contribution in [3.63, 3.8) is 0 Å². The number of unbranched alkanes of at least 4 members (excludes halogenated alkanes) is 1. The molecule has 0 bridgehead atoms. The van der Waals surface area contributed by atoms with Gasteiger partial charge >= 0.3 is 5.82 Å². The molecule has 0 spiro atoms. The van der Waals surface area contributed by atoms with Crippen LogP contribution in [0.1, 0.15) is 67.3 Å². The van der Waals surface area contributed by atoms with Crippen molar-refractivity contribution >= 4 is 0 Å². The zero-order valence-electron chi connectivity index (χ0n) is 18.8. The molecule has 1 atom stereocenters. The van der Waals surface area contributed by atoms with E-state index >= 15 is 0 Å². The van der Waals surface area contributed by atoms with Gasteiger partial charge in [0.25, 0.3) is 0 Å². The summed E-state index contributed by atoms with van der Waals surface area (Å²) in [4.78, 5) is 5.06. The average Bonchev–Trinajstić information content (AvgIpc) is 2.96. The van der Waals surface area contributed by atoms with Crippen LogP contribution in [0.15, 0.2) is 42.7 Å². The standard InChI is InChI=1S/C27H33N2/c1-7-9-13-27(8-2)25-21(6)14-18(3)15-23(25)26-28-16-22(17-29(26)27)24-19(4)11-10-12-20(24)5/h10-12,14-17H,7-9,13H2,1-6H3/q+1. The van der Waals surface area contributed by atoms with Crippen LogP contribution in [0.3, 0.4) is 0 Å². The minimum atomic E-state index is -0.00192. The highest BCUT2D eigenvalue weighted by Crippen LogP contribution is 2.44. The number of hydrogen-bond donors (Lipinski definition) is 0. The molecular formula is C27H33N2+. The predicted molar refractivity (Wildman–Crippen MR) is 121 cm³/mol. The Bertz CT molecular complexity index is 1060. The fourth-order valence-corrected chi connectivity index (χ4v) is 5.47. The van der Waals surface area contributed by atoms with Gasteiger partial charge in [-0.3, -0.25) is 0 Å². The zero-order valence-corrected chi connectivity index (χ0v) is 18.8. The van der Waals surface area contributed by atoms with Crippen molar-refractivity contribution in [2.24, 2.45) is 0 Å². The third kappa shape index (κ3) is 3.01. The van der Waals surface area contributed by atoms with E-state index in [9.17, 15) is 0 Å². The first-order chi connectivity index (χ1) is 13.9. The van der Waals surface area contributed by atoms with Gasteiger partial charge in [0.2, 0.25) is 0 Å². The van der Waals surface area contributed by atoms with Crippen LogP contribution >= 0.6 is 0 Å². The van der Waals surface area contributed by atoms with Gasteiger partial charge < -0.3 is 0 Å². The predicted octanol–water partition coefficient (Wildman–Crippen LogP) is 6.59. The monoisotopic (exact) mass is 385 g/mol. The second kappa shape index (κ2) is 7.40. The van der Waals surface area contributed by atoms with Crippen molar-refractivity contribution < 1.29 is 4.57 Å². The highest BCUT2D eigenvalue weighted by atomic mass is 15.1. The molecule has 0 aliphatic carbocycles. The van der Waals surface area contributed by atoms with Crippen LogP contribution in [0, 0.1) is 27.7 Å². The third-order valence-corrected chi connectivity index (χ3v) is 6.77. The molecule has 0 radical (unpaired) electrons. The van der Waals surface area contributed by atoms with Gasteiger partial charge in [0.05, 0.1) is 11.1 Å². The summed E-state index contributed by atoms with van der Waals surface area (Å²) in [6, 6.07) is 11.2. The summed E-state index contributed by atoms with van der Waals surface area (Å²) in [6.07, 6.45) is 9.13. The Kier molecular flexibility index (Phi) is 5.06.